The van der Waals surface area contributed by atoms with Crippen LogP contribution in [0.5, 0.6) is 0 Å². The van der Waals surface area contributed by atoms with Crippen LogP contribution in [0.1, 0.15) is 27.0 Å². The fourth-order valence-electron chi connectivity index (χ4n) is 2.09. The van der Waals surface area contributed by atoms with Gasteiger partial charge in [-0.05, 0) is 36.1 Å². The summed E-state index contributed by atoms with van der Waals surface area (Å²) in [5, 5.41) is 9.09. The zero-order chi connectivity index (χ0) is 15.5. The first-order valence-electron chi connectivity index (χ1n) is 6.35. The van der Waals surface area contributed by atoms with Crippen LogP contribution in [-0.2, 0) is 19.0 Å². The molecule has 0 aromatic heterocycles. The zero-order valence-electron chi connectivity index (χ0n) is 11.0. The molecule has 0 amide bonds. The molecule has 0 radical (unpaired) electrons. The molecule has 0 aliphatic rings. The summed E-state index contributed by atoms with van der Waals surface area (Å²) in [6.07, 6.45) is -3.58. The van der Waals surface area contributed by atoms with Gasteiger partial charge in [0.05, 0.1) is 11.1 Å². The van der Waals surface area contributed by atoms with Crippen molar-refractivity contribution in [3.8, 4) is 0 Å². The average Bonchev–Trinajstić information content (AvgIpc) is 2.45. The van der Waals surface area contributed by atoms with Crippen LogP contribution in [-0.4, -0.2) is 11.1 Å². The molecule has 0 atom stereocenters. The van der Waals surface area contributed by atoms with E-state index in [1.807, 2.05) is 30.3 Å². The van der Waals surface area contributed by atoms with Gasteiger partial charge >= 0.3 is 12.1 Å². The molecule has 1 N–H and O–H groups in total. The lowest BCUT2D eigenvalue weighted by molar-refractivity contribution is -0.137. The Hall–Kier alpha value is -2.30. The fraction of sp³-hybridized carbons (Fsp3) is 0.188. The first-order chi connectivity index (χ1) is 9.88. The van der Waals surface area contributed by atoms with Crippen LogP contribution < -0.4 is 0 Å². The molecule has 110 valence electrons. The Morgan fingerprint density at radius 1 is 1.00 bits per heavy atom. The lowest BCUT2D eigenvalue weighted by atomic mass is 9.97. The number of halogens is 3. The maximum Gasteiger partial charge on any atom is 0.416 e. The number of carbonyl (C=O) groups is 1. The Morgan fingerprint density at radius 2 is 1.67 bits per heavy atom. The van der Waals surface area contributed by atoms with Crippen molar-refractivity contribution in [1.82, 2.24) is 0 Å². The average molecular weight is 294 g/mol. The molecule has 0 spiro atoms. The maximum absolute atomic E-state index is 12.6. The van der Waals surface area contributed by atoms with Crippen LogP contribution in [0, 0.1) is 0 Å². The van der Waals surface area contributed by atoms with Gasteiger partial charge in [-0.2, -0.15) is 13.2 Å². The molecule has 2 rings (SSSR count). The summed E-state index contributed by atoms with van der Waals surface area (Å²) in [5.74, 6) is -1.34. The lowest BCUT2D eigenvalue weighted by Crippen LogP contribution is -2.10. The second-order valence-electron chi connectivity index (χ2n) is 4.66. The number of benzene rings is 2. The summed E-state index contributed by atoms with van der Waals surface area (Å²) < 4.78 is 37.9. The molecular formula is C16H13F3O2. The fourth-order valence-corrected chi connectivity index (χ4v) is 2.09. The summed E-state index contributed by atoms with van der Waals surface area (Å²) >= 11 is 0. The van der Waals surface area contributed by atoms with Crippen LogP contribution in [0.4, 0.5) is 13.2 Å². The van der Waals surface area contributed by atoms with E-state index >= 15 is 0 Å². The summed E-state index contributed by atoms with van der Waals surface area (Å²) in [6, 6.07) is 12.2. The van der Waals surface area contributed by atoms with Crippen molar-refractivity contribution >= 4 is 5.97 Å². The molecule has 0 saturated carbocycles. The highest BCUT2D eigenvalue weighted by molar-refractivity contribution is 5.89. The molecule has 0 heterocycles. The molecular weight excluding hydrogens is 281 g/mol. The molecule has 0 unspecified atom stereocenters. The van der Waals surface area contributed by atoms with Gasteiger partial charge in [0.2, 0.25) is 0 Å². The summed E-state index contributed by atoms with van der Waals surface area (Å²) in [6.45, 7) is 0. The monoisotopic (exact) mass is 294 g/mol. The highest BCUT2D eigenvalue weighted by Crippen LogP contribution is 2.30. The van der Waals surface area contributed by atoms with Gasteiger partial charge in [-0.1, -0.05) is 36.4 Å². The predicted octanol–water partition coefficient (Wildman–Crippen LogP) is 4.19. The SMILES string of the molecule is O=C(O)c1cc(C(F)(F)F)ccc1CCc1ccccc1. The second kappa shape index (κ2) is 5.99. The minimum Gasteiger partial charge on any atom is -0.478 e. The Labute approximate surface area is 119 Å². The van der Waals surface area contributed by atoms with E-state index in [1.165, 1.54) is 6.07 Å². The molecule has 2 nitrogen and oxygen atoms in total. The van der Waals surface area contributed by atoms with Crippen molar-refractivity contribution < 1.29 is 23.1 Å². The zero-order valence-corrected chi connectivity index (χ0v) is 11.0. The van der Waals surface area contributed by atoms with Crippen molar-refractivity contribution in [1.29, 1.82) is 0 Å². The van der Waals surface area contributed by atoms with E-state index in [-0.39, 0.29) is 5.56 Å². The number of carboxylic acids is 1. The second-order valence-corrected chi connectivity index (χ2v) is 4.66. The largest absolute Gasteiger partial charge is 0.478 e. The van der Waals surface area contributed by atoms with E-state index in [9.17, 15) is 18.0 Å². The summed E-state index contributed by atoms with van der Waals surface area (Å²) in [5.41, 5.74) is 0.178. The minimum absolute atomic E-state index is 0.291. The molecule has 0 fully saturated rings. The van der Waals surface area contributed by atoms with Gasteiger partial charge < -0.3 is 5.11 Å². The van der Waals surface area contributed by atoms with Gasteiger partial charge in [0.1, 0.15) is 0 Å². The van der Waals surface area contributed by atoms with E-state index in [0.717, 1.165) is 11.6 Å². The number of alkyl halides is 3. The van der Waals surface area contributed by atoms with E-state index < -0.39 is 17.7 Å². The smallest absolute Gasteiger partial charge is 0.416 e. The van der Waals surface area contributed by atoms with E-state index in [2.05, 4.69) is 0 Å². The lowest BCUT2D eigenvalue weighted by Gasteiger charge is -2.11. The van der Waals surface area contributed by atoms with Gasteiger partial charge in [0, 0.05) is 0 Å². The number of carboxylic acid groups (broad SMARTS) is 1. The normalized spacial score (nSPS) is 11.4. The molecule has 21 heavy (non-hydrogen) atoms. The predicted molar refractivity (Wildman–Crippen MR) is 72.3 cm³/mol. The van der Waals surface area contributed by atoms with Gasteiger partial charge in [0.25, 0.3) is 0 Å². The van der Waals surface area contributed by atoms with E-state index in [4.69, 9.17) is 5.11 Å². The highest BCUT2D eigenvalue weighted by atomic mass is 19.4. The summed E-state index contributed by atoms with van der Waals surface area (Å²) in [4.78, 5) is 11.1. The van der Waals surface area contributed by atoms with Crippen molar-refractivity contribution in [2.45, 2.75) is 19.0 Å². The Kier molecular flexibility index (Phi) is 4.31. The maximum atomic E-state index is 12.6. The molecule has 2 aromatic rings. The van der Waals surface area contributed by atoms with E-state index in [0.29, 0.717) is 24.5 Å². The topological polar surface area (TPSA) is 37.3 Å². The van der Waals surface area contributed by atoms with Crippen LogP contribution in [0.25, 0.3) is 0 Å². The Morgan fingerprint density at radius 3 is 2.24 bits per heavy atom. The van der Waals surface area contributed by atoms with Gasteiger partial charge in [-0.15, -0.1) is 0 Å². The van der Waals surface area contributed by atoms with Crippen molar-refractivity contribution in [3.63, 3.8) is 0 Å². The Bertz CT molecular complexity index is 634. The van der Waals surface area contributed by atoms with Crippen LogP contribution in [0.2, 0.25) is 0 Å². The molecule has 0 bridgehead atoms. The van der Waals surface area contributed by atoms with Crippen molar-refractivity contribution in [2.24, 2.45) is 0 Å². The van der Waals surface area contributed by atoms with Gasteiger partial charge in [-0.25, -0.2) is 4.79 Å². The number of hydrogen-bond donors (Lipinski definition) is 1. The van der Waals surface area contributed by atoms with Crippen LogP contribution in [0.15, 0.2) is 48.5 Å². The number of hydrogen-bond acceptors (Lipinski definition) is 1. The van der Waals surface area contributed by atoms with E-state index in [1.54, 1.807) is 0 Å². The number of aromatic carboxylic acids is 1. The highest BCUT2D eigenvalue weighted by Gasteiger charge is 2.31. The van der Waals surface area contributed by atoms with Crippen LogP contribution >= 0.6 is 0 Å². The molecule has 0 saturated heterocycles. The molecule has 2 aromatic carbocycles. The van der Waals surface area contributed by atoms with Crippen molar-refractivity contribution in [3.05, 3.63) is 70.8 Å². The minimum atomic E-state index is -4.54. The Balaban J connectivity index is 2.25. The van der Waals surface area contributed by atoms with Gasteiger partial charge in [-0.3, -0.25) is 0 Å². The first-order valence-corrected chi connectivity index (χ1v) is 6.35. The standard InChI is InChI=1S/C16H13F3O2/c17-16(18,19)13-9-8-12(14(10-13)15(20)21)7-6-11-4-2-1-3-5-11/h1-5,8-10H,6-7H2,(H,20,21). The van der Waals surface area contributed by atoms with Gasteiger partial charge in [0.15, 0.2) is 0 Å². The number of rotatable bonds is 4. The third kappa shape index (κ3) is 3.84. The van der Waals surface area contributed by atoms with Crippen molar-refractivity contribution in [2.75, 3.05) is 0 Å². The third-order valence-electron chi connectivity index (χ3n) is 3.19. The molecule has 0 aliphatic carbocycles. The molecule has 0 aliphatic heterocycles. The quantitative estimate of drug-likeness (QED) is 0.918. The van der Waals surface area contributed by atoms with Crippen LogP contribution in [0.3, 0.4) is 0 Å². The summed E-state index contributed by atoms with van der Waals surface area (Å²) in [7, 11) is 0. The first kappa shape index (κ1) is 15.1. The molecule has 5 heteroatoms. The third-order valence-corrected chi connectivity index (χ3v) is 3.19. The number of aryl methyl sites for hydroxylation is 2.